The summed E-state index contributed by atoms with van der Waals surface area (Å²) in [5.41, 5.74) is 0. The van der Waals surface area contributed by atoms with Crippen LogP contribution in [0.5, 0.6) is 0 Å². The van der Waals surface area contributed by atoms with E-state index in [1.807, 2.05) is 13.8 Å². The van der Waals surface area contributed by atoms with Gasteiger partial charge in [-0.1, -0.05) is 13.8 Å². The predicted molar refractivity (Wildman–Crippen MR) is 60.6 cm³/mol. The highest BCUT2D eigenvalue weighted by Crippen LogP contribution is 2.47. The van der Waals surface area contributed by atoms with Crippen molar-refractivity contribution >= 4 is 7.14 Å². The Labute approximate surface area is 85.5 Å². The van der Waals surface area contributed by atoms with E-state index in [0.29, 0.717) is 24.4 Å². The number of rotatable bonds is 6. The molecule has 0 amide bonds. The van der Waals surface area contributed by atoms with Crippen molar-refractivity contribution in [2.45, 2.75) is 13.8 Å². The molecule has 0 aliphatic carbocycles. The number of aliphatic hydroxyl groups excluding tert-OH is 2. The molecule has 0 saturated carbocycles. The minimum Gasteiger partial charge on any atom is -0.516 e. The van der Waals surface area contributed by atoms with Crippen molar-refractivity contribution in [2.75, 3.05) is 18.5 Å². The Morgan fingerprint density at radius 3 is 1.86 bits per heavy atom. The van der Waals surface area contributed by atoms with Gasteiger partial charge in [0.15, 0.2) is 0 Å². The average molecular weight is 218 g/mol. The summed E-state index contributed by atoms with van der Waals surface area (Å²) in [4.78, 5) is 0. The first-order valence-electron chi connectivity index (χ1n) is 4.69. The average Bonchev–Trinajstić information content (AvgIpc) is 2.11. The predicted octanol–water partition coefficient (Wildman–Crippen LogP) is 3.15. The molecule has 0 spiro atoms. The lowest BCUT2D eigenvalue weighted by molar-refractivity contribution is 0.472. The number of hydrogen-bond acceptors (Lipinski definition) is 3. The van der Waals surface area contributed by atoms with Crippen LogP contribution in [-0.4, -0.2) is 28.7 Å². The van der Waals surface area contributed by atoms with Crippen LogP contribution in [0.4, 0.5) is 0 Å². The van der Waals surface area contributed by atoms with Crippen LogP contribution >= 0.6 is 7.14 Å². The summed E-state index contributed by atoms with van der Waals surface area (Å²) in [7, 11) is -2.30. The van der Waals surface area contributed by atoms with Gasteiger partial charge in [0, 0.05) is 18.5 Å². The summed E-state index contributed by atoms with van der Waals surface area (Å²) in [6, 6.07) is 0. The summed E-state index contributed by atoms with van der Waals surface area (Å²) in [5, 5.41) is 17.0. The molecule has 0 atom stereocenters. The maximum absolute atomic E-state index is 12.2. The molecule has 0 aromatic carbocycles. The maximum atomic E-state index is 12.2. The van der Waals surface area contributed by atoms with Gasteiger partial charge < -0.3 is 14.8 Å². The van der Waals surface area contributed by atoms with Crippen LogP contribution in [0.2, 0.25) is 0 Å². The lowest BCUT2D eigenvalue weighted by Gasteiger charge is -2.16. The topological polar surface area (TPSA) is 57.5 Å². The van der Waals surface area contributed by atoms with Crippen molar-refractivity contribution in [2.24, 2.45) is 5.92 Å². The van der Waals surface area contributed by atoms with Gasteiger partial charge in [-0.3, -0.25) is 0 Å². The van der Waals surface area contributed by atoms with Gasteiger partial charge in [0.05, 0.1) is 19.7 Å². The lowest BCUT2D eigenvalue weighted by Crippen LogP contribution is -2.03. The standard InChI is InChI=1S/C10H19O3P/c1-10(2)9-14(13,7-3-5-11)8-4-6-12/h3-6,10-12H,7-9H2,1-2H3. The van der Waals surface area contributed by atoms with Crippen molar-refractivity contribution in [1.29, 1.82) is 0 Å². The van der Waals surface area contributed by atoms with E-state index < -0.39 is 7.14 Å². The van der Waals surface area contributed by atoms with E-state index in [1.54, 1.807) is 0 Å². The van der Waals surface area contributed by atoms with Crippen LogP contribution in [0.15, 0.2) is 24.7 Å². The third-order valence-electron chi connectivity index (χ3n) is 1.78. The molecule has 0 unspecified atom stereocenters. The molecule has 0 heterocycles. The summed E-state index contributed by atoms with van der Waals surface area (Å²) in [5.74, 6) is 0.361. The molecule has 0 radical (unpaired) electrons. The summed E-state index contributed by atoms with van der Waals surface area (Å²) in [6.07, 6.45) is 6.30. The lowest BCUT2D eigenvalue weighted by atomic mass is 10.3. The van der Waals surface area contributed by atoms with Gasteiger partial charge in [0.2, 0.25) is 0 Å². The van der Waals surface area contributed by atoms with Crippen molar-refractivity contribution in [3.63, 3.8) is 0 Å². The first-order chi connectivity index (χ1) is 6.54. The van der Waals surface area contributed by atoms with E-state index in [0.717, 1.165) is 12.5 Å². The van der Waals surface area contributed by atoms with Crippen LogP contribution in [0.1, 0.15) is 13.8 Å². The van der Waals surface area contributed by atoms with Crippen LogP contribution in [0, 0.1) is 5.92 Å². The Hall–Kier alpha value is -0.690. The fourth-order valence-corrected chi connectivity index (χ4v) is 4.10. The van der Waals surface area contributed by atoms with Gasteiger partial charge >= 0.3 is 0 Å². The SMILES string of the molecule is CC(C)CP(=O)(CC=CO)CC=CO. The van der Waals surface area contributed by atoms with Gasteiger partial charge in [-0.05, 0) is 18.1 Å². The highest BCUT2D eigenvalue weighted by molar-refractivity contribution is 7.64. The Morgan fingerprint density at radius 1 is 1.14 bits per heavy atom. The van der Waals surface area contributed by atoms with E-state index in [1.165, 1.54) is 12.2 Å². The van der Waals surface area contributed by atoms with Crippen LogP contribution in [-0.2, 0) is 4.57 Å². The summed E-state index contributed by atoms with van der Waals surface area (Å²) < 4.78 is 12.2. The minimum absolute atomic E-state index is 0.361. The van der Waals surface area contributed by atoms with Gasteiger partial charge in [-0.2, -0.15) is 0 Å². The fourth-order valence-electron chi connectivity index (χ4n) is 1.37. The number of hydrogen-bond donors (Lipinski definition) is 2. The van der Waals surface area contributed by atoms with E-state index in [9.17, 15) is 4.57 Å². The molecule has 82 valence electrons. The van der Waals surface area contributed by atoms with E-state index in [2.05, 4.69) is 0 Å². The quantitative estimate of drug-likeness (QED) is 0.532. The Morgan fingerprint density at radius 2 is 1.57 bits per heavy atom. The van der Waals surface area contributed by atoms with E-state index >= 15 is 0 Å². The zero-order valence-electron chi connectivity index (χ0n) is 8.76. The normalized spacial score (nSPS) is 16.8. The third kappa shape index (κ3) is 5.87. The van der Waals surface area contributed by atoms with Gasteiger partial charge in [-0.15, -0.1) is 0 Å². The number of aliphatic hydroxyl groups is 2. The molecule has 0 fully saturated rings. The minimum atomic E-state index is -2.30. The molecule has 3 nitrogen and oxygen atoms in total. The second-order valence-corrected chi connectivity index (χ2v) is 6.98. The zero-order chi connectivity index (χ0) is 11.0. The molecule has 0 saturated heterocycles. The summed E-state index contributed by atoms with van der Waals surface area (Å²) >= 11 is 0. The van der Waals surface area contributed by atoms with Crippen molar-refractivity contribution in [3.05, 3.63) is 24.7 Å². The Balaban J connectivity index is 4.40. The van der Waals surface area contributed by atoms with Crippen LogP contribution in [0.25, 0.3) is 0 Å². The largest absolute Gasteiger partial charge is 0.516 e. The van der Waals surface area contributed by atoms with E-state index in [4.69, 9.17) is 10.2 Å². The van der Waals surface area contributed by atoms with Crippen LogP contribution in [0.3, 0.4) is 0 Å². The van der Waals surface area contributed by atoms with Crippen molar-refractivity contribution in [1.82, 2.24) is 0 Å². The molecule has 0 aromatic heterocycles. The molecule has 2 N–H and O–H groups in total. The molecule has 0 aromatic rings. The molecule has 4 heteroatoms. The second-order valence-electron chi connectivity index (χ2n) is 3.77. The van der Waals surface area contributed by atoms with Gasteiger partial charge in [0.25, 0.3) is 0 Å². The maximum Gasteiger partial charge on any atom is 0.0954 e. The molecule has 14 heavy (non-hydrogen) atoms. The molecular formula is C10H19O3P. The first kappa shape index (κ1) is 13.3. The third-order valence-corrected chi connectivity index (χ3v) is 4.93. The molecule has 0 aliphatic rings. The zero-order valence-corrected chi connectivity index (χ0v) is 9.65. The second kappa shape index (κ2) is 6.72. The highest BCUT2D eigenvalue weighted by atomic mass is 31.2. The Kier molecular flexibility index (Phi) is 6.39. The Bertz CT molecular complexity index is 226. The smallest absolute Gasteiger partial charge is 0.0954 e. The summed E-state index contributed by atoms with van der Waals surface area (Å²) in [6.45, 7) is 4.02. The van der Waals surface area contributed by atoms with E-state index in [-0.39, 0.29) is 0 Å². The number of allylic oxidation sites excluding steroid dienone is 2. The van der Waals surface area contributed by atoms with Crippen molar-refractivity contribution < 1.29 is 14.8 Å². The monoisotopic (exact) mass is 218 g/mol. The van der Waals surface area contributed by atoms with Gasteiger partial charge in [-0.25, -0.2) is 0 Å². The van der Waals surface area contributed by atoms with Gasteiger partial charge in [0.1, 0.15) is 0 Å². The fraction of sp³-hybridized carbons (Fsp3) is 0.600. The first-order valence-corrected chi connectivity index (χ1v) is 6.96. The molecular weight excluding hydrogens is 199 g/mol. The molecule has 0 rings (SSSR count). The molecule has 0 aliphatic heterocycles. The highest BCUT2D eigenvalue weighted by Gasteiger charge is 2.20. The van der Waals surface area contributed by atoms with Crippen LogP contribution < -0.4 is 0 Å². The van der Waals surface area contributed by atoms with Crippen molar-refractivity contribution in [3.8, 4) is 0 Å². The molecule has 0 bridgehead atoms.